The molecule has 0 amide bonds. The van der Waals surface area contributed by atoms with Crippen molar-refractivity contribution in [3.8, 4) is 0 Å². The first kappa shape index (κ1) is 18.5. The first-order valence-corrected chi connectivity index (χ1v) is 6.21. The summed E-state index contributed by atoms with van der Waals surface area (Å²) in [6.07, 6.45) is 6.82. The van der Waals surface area contributed by atoms with Crippen LogP contribution in [0.4, 0.5) is 0 Å². The van der Waals surface area contributed by atoms with Gasteiger partial charge in [0, 0.05) is 0 Å². The fraction of sp³-hybridized carbons (Fsp3) is 1.00. The molecular formula is C11H29ClN4. The molecule has 4 nitrogen and oxygen atoms in total. The van der Waals surface area contributed by atoms with Crippen molar-refractivity contribution in [3.05, 3.63) is 0 Å². The van der Waals surface area contributed by atoms with Crippen LogP contribution in [0.1, 0.15) is 52.4 Å². The second kappa shape index (κ2) is 13.2. The molecule has 0 aromatic rings. The lowest BCUT2D eigenvalue weighted by Gasteiger charge is -2.20. The summed E-state index contributed by atoms with van der Waals surface area (Å²) in [7, 11) is 0. The van der Waals surface area contributed by atoms with Gasteiger partial charge in [0.15, 0.2) is 0 Å². The second-order valence-corrected chi connectivity index (χ2v) is 4.05. The number of nitrogens with two attached hydrogens (primary N) is 2. The van der Waals surface area contributed by atoms with Gasteiger partial charge in [-0.2, -0.15) is 0 Å². The van der Waals surface area contributed by atoms with E-state index < -0.39 is 0 Å². The van der Waals surface area contributed by atoms with Gasteiger partial charge in [-0.05, 0) is 19.4 Å². The molecule has 6 N–H and O–H groups in total. The average molecular weight is 253 g/mol. The highest BCUT2D eigenvalue weighted by Gasteiger charge is 2.05. The topological polar surface area (TPSA) is 76.1 Å². The van der Waals surface area contributed by atoms with Crippen molar-refractivity contribution in [2.24, 2.45) is 11.5 Å². The number of rotatable bonds is 10. The van der Waals surface area contributed by atoms with Crippen LogP contribution in [-0.4, -0.2) is 19.0 Å². The fourth-order valence-electron chi connectivity index (χ4n) is 1.42. The zero-order valence-corrected chi connectivity index (χ0v) is 11.5. The van der Waals surface area contributed by atoms with Crippen molar-refractivity contribution < 1.29 is 0 Å². The fourth-order valence-corrected chi connectivity index (χ4v) is 1.42. The molecule has 2 atom stereocenters. The first-order chi connectivity index (χ1) is 7.20. The van der Waals surface area contributed by atoms with Crippen molar-refractivity contribution in [1.82, 2.24) is 10.6 Å². The second-order valence-electron chi connectivity index (χ2n) is 4.05. The van der Waals surface area contributed by atoms with Crippen molar-refractivity contribution >= 4 is 12.4 Å². The van der Waals surface area contributed by atoms with Crippen molar-refractivity contribution in [1.29, 1.82) is 0 Å². The molecule has 5 heteroatoms. The van der Waals surface area contributed by atoms with Gasteiger partial charge in [-0.3, -0.25) is 10.6 Å². The Balaban J connectivity index is 0. The van der Waals surface area contributed by atoms with Gasteiger partial charge in [0.1, 0.15) is 6.29 Å². The number of hydrogen-bond acceptors (Lipinski definition) is 4. The summed E-state index contributed by atoms with van der Waals surface area (Å²) in [4.78, 5) is 0. The molecular weight excluding hydrogens is 224 g/mol. The minimum atomic E-state index is -0.173. The molecule has 0 aliphatic carbocycles. The first-order valence-electron chi connectivity index (χ1n) is 6.21. The Morgan fingerprint density at radius 1 is 1.00 bits per heavy atom. The summed E-state index contributed by atoms with van der Waals surface area (Å²) >= 11 is 0. The summed E-state index contributed by atoms with van der Waals surface area (Å²) < 4.78 is 0. The van der Waals surface area contributed by atoms with E-state index >= 15 is 0 Å². The highest BCUT2D eigenvalue weighted by atomic mass is 35.5. The minimum absolute atomic E-state index is 0. The molecule has 0 spiro atoms. The third-order valence-corrected chi connectivity index (χ3v) is 2.41. The predicted octanol–water partition coefficient (Wildman–Crippen LogP) is 1.49. The summed E-state index contributed by atoms with van der Waals surface area (Å²) in [6, 6.07) is 0. The summed E-state index contributed by atoms with van der Waals surface area (Å²) in [5, 5.41) is 6.33. The maximum absolute atomic E-state index is 5.89. The van der Waals surface area contributed by atoms with E-state index in [4.69, 9.17) is 11.5 Å². The maximum atomic E-state index is 5.89. The summed E-state index contributed by atoms with van der Waals surface area (Å²) in [5.41, 5.74) is 11.7. The van der Waals surface area contributed by atoms with Gasteiger partial charge >= 0.3 is 0 Å². The molecule has 0 aliphatic rings. The molecule has 0 aromatic carbocycles. The summed E-state index contributed by atoms with van der Waals surface area (Å²) in [5.74, 6) is 0. The lowest BCUT2D eigenvalue weighted by Crippen LogP contribution is -2.56. The molecule has 0 aromatic heterocycles. The Morgan fingerprint density at radius 2 is 1.62 bits per heavy atom. The van der Waals surface area contributed by atoms with Crippen LogP contribution in [-0.2, 0) is 0 Å². The number of unbranched alkanes of at least 4 members (excludes halogenated alkanes) is 3. The summed E-state index contributed by atoms with van der Waals surface area (Å²) in [6.45, 7) is 5.31. The lowest BCUT2D eigenvalue weighted by atomic mass is 10.2. The third-order valence-electron chi connectivity index (χ3n) is 2.41. The van der Waals surface area contributed by atoms with Gasteiger partial charge in [-0.1, -0.05) is 39.5 Å². The predicted molar refractivity (Wildman–Crippen MR) is 73.4 cm³/mol. The zero-order valence-electron chi connectivity index (χ0n) is 10.7. The molecule has 2 unspecified atom stereocenters. The van der Waals surface area contributed by atoms with E-state index in [-0.39, 0.29) is 24.9 Å². The van der Waals surface area contributed by atoms with Crippen LogP contribution in [0.2, 0.25) is 0 Å². The molecule has 16 heavy (non-hydrogen) atoms. The largest absolute Gasteiger partial charge is 0.316 e. The zero-order chi connectivity index (χ0) is 11.5. The Morgan fingerprint density at radius 3 is 2.19 bits per heavy atom. The monoisotopic (exact) mass is 252 g/mol. The molecule has 0 aliphatic heterocycles. The Labute approximate surface area is 106 Å². The molecule has 0 bridgehead atoms. The van der Waals surface area contributed by atoms with Crippen LogP contribution in [0.15, 0.2) is 0 Å². The third kappa shape index (κ3) is 12.2. The Kier molecular flexibility index (Phi) is 15.3. The van der Waals surface area contributed by atoms with E-state index in [1.54, 1.807) is 0 Å². The van der Waals surface area contributed by atoms with Crippen LogP contribution in [0, 0.1) is 0 Å². The van der Waals surface area contributed by atoms with Crippen molar-refractivity contribution in [2.45, 2.75) is 64.8 Å². The molecule has 0 fully saturated rings. The average Bonchev–Trinajstić information content (AvgIpc) is 2.18. The smallest absolute Gasteiger partial charge is 0.110 e. The number of halogens is 1. The quantitative estimate of drug-likeness (QED) is 0.351. The van der Waals surface area contributed by atoms with Crippen LogP contribution in [0.25, 0.3) is 0 Å². The van der Waals surface area contributed by atoms with E-state index in [0.29, 0.717) is 0 Å². The molecule has 0 saturated carbocycles. The van der Waals surface area contributed by atoms with E-state index in [0.717, 1.165) is 19.4 Å². The van der Waals surface area contributed by atoms with Crippen molar-refractivity contribution in [3.63, 3.8) is 0 Å². The Bertz CT molecular complexity index is 121. The van der Waals surface area contributed by atoms with Gasteiger partial charge in [0.05, 0.1) is 6.17 Å². The van der Waals surface area contributed by atoms with Gasteiger partial charge in [0.25, 0.3) is 0 Å². The lowest BCUT2D eigenvalue weighted by molar-refractivity contribution is 0.360. The normalized spacial score (nSPS) is 14.2. The minimum Gasteiger partial charge on any atom is -0.316 e. The van der Waals surface area contributed by atoms with E-state index in [2.05, 4.69) is 24.5 Å². The standard InChI is InChI=1S/C11H28N4.ClH/c1-3-5-7-8-10(12)15-11(13)14-9-6-4-2;/h10-11,14-15H,3-9,12-13H2,1-2H3;1H. The molecule has 0 rings (SSSR count). The molecule has 0 saturated heterocycles. The van der Waals surface area contributed by atoms with E-state index in [1.165, 1.54) is 25.7 Å². The van der Waals surface area contributed by atoms with Gasteiger partial charge < -0.3 is 11.5 Å². The van der Waals surface area contributed by atoms with Crippen LogP contribution in [0.3, 0.4) is 0 Å². The SMILES string of the molecule is CCCCCC(N)NC(N)NCCCC.Cl. The van der Waals surface area contributed by atoms with E-state index in [1.807, 2.05) is 0 Å². The molecule has 0 heterocycles. The molecule has 100 valence electrons. The number of hydrogen-bond donors (Lipinski definition) is 4. The van der Waals surface area contributed by atoms with E-state index in [9.17, 15) is 0 Å². The molecule has 0 radical (unpaired) electrons. The van der Waals surface area contributed by atoms with Crippen LogP contribution >= 0.6 is 12.4 Å². The number of nitrogens with one attached hydrogen (secondary N) is 2. The highest BCUT2D eigenvalue weighted by Crippen LogP contribution is 1.99. The van der Waals surface area contributed by atoms with Gasteiger partial charge in [0.2, 0.25) is 0 Å². The highest BCUT2D eigenvalue weighted by molar-refractivity contribution is 5.85. The maximum Gasteiger partial charge on any atom is 0.110 e. The van der Waals surface area contributed by atoms with Gasteiger partial charge in [-0.25, -0.2) is 0 Å². The Hall–Kier alpha value is 0.130. The van der Waals surface area contributed by atoms with Crippen LogP contribution < -0.4 is 22.1 Å². The van der Waals surface area contributed by atoms with Crippen LogP contribution in [0.5, 0.6) is 0 Å². The van der Waals surface area contributed by atoms with Gasteiger partial charge in [-0.15, -0.1) is 12.4 Å². The van der Waals surface area contributed by atoms with Crippen molar-refractivity contribution in [2.75, 3.05) is 6.54 Å².